The Labute approximate surface area is 137 Å². The highest BCUT2D eigenvalue weighted by molar-refractivity contribution is 6.30. The molecule has 1 aromatic carbocycles. The van der Waals surface area contributed by atoms with Crippen molar-refractivity contribution < 1.29 is 5.11 Å². The predicted octanol–water partition coefficient (Wildman–Crippen LogP) is 0.755. The van der Waals surface area contributed by atoms with Crippen LogP contribution in [-0.2, 0) is 14.1 Å². The van der Waals surface area contributed by atoms with Crippen molar-refractivity contribution in [1.82, 2.24) is 9.13 Å². The molecule has 1 atom stereocenters. The maximum atomic E-state index is 12.0. The van der Waals surface area contributed by atoms with Crippen LogP contribution in [0.2, 0.25) is 5.02 Å². The summed E-state index contributed by atoms with van der Waals surface area (Å²) in [4.78, 5) is 23.9. The highest BCUT2D eigenvalue weighted by atomic mass is 35.5. The molecule has 0 saturated carbocycles. The van der Waals surface area contributed by atoms with Crippen molar-refractivity contribution in [3.8, 4) is 6.07 Å². The Balaban J connectivity index is 2.33. The number of aliphatic hydroxyl groups excluding tert-OH is 1. The Morgan fingerprint density at radius 1 is 1.35 bits per heavy atom. The van der Waals surface area contributed by atoms with E-state index in [4.69, 9.17) is 16.9 Å². The fourth-order valence-corrected chi connectivity index (χ4v) is 2.38. The van der Waals surface area contributed by atoms with Gasteiger partial charge in [-0.05, 0) is 17.7 Å². The molecule has 1 heterocycles. The number of hydrogen-bond acceptors (Lipinski definition) is 5. The van der Waals surface area contributed by atoms with E-state index in [2.05, 4.69) is 5.32 Å². The van der Waals surface area contributed by atoms with Crippen molar-refractivity contribution in [3.05, 3.63) is 61.3 Å². The van der Waals surface area contributed by atoms with E-state index in [1.807, 2.05) is 0 Å². The van der Waals surface area contributed by atoms with E-state index in [0.29, 0.717) is 10.6 Å². The molecule has 0 aliphatic carbocycles. The number of nitrogens with one attached hydrogen (secondary N) is 1. The van der Waals surface area contributed by atoms with Crippen LogP contribution >= 0.6 is 11.6 Å². The summed E-state index contributed by atoms with van der Waals surface area (Å²) < 4.78 is 2.02. The molecular weight excluding hydrogens is 320 g/mol. The molecule has 0 amide bonds. The summed E-state index contributed by atoms with van der Waals surface area (Å²) in [5.74, 6) is 0.0710. The highest BCUT2D eigenvalue weighted by Crippen LogP contribution is 2.18. The van der Waals surface area contributed by atoms with Crippen LogP contribution in [0.1, 0.15) is 17.2 Å². The third-order valence-corrected chi connectivity index (χ3v) is 3.71. The summed E-state index contributed by atoms with van der Waals surface area (Å²) >= 11 is 5.87. The zero-order valence-corrected chi connectivity index (χ0v) is 13.3. The summed E-state index contributed by atoms with van der Waals surface area (Å²) in [6, 6.07) is 8.49. The number of aliphatic hydroxyl groups is 1. The Bertz CT molecular complexity index is 895. The molecule has 0 aliphatic rings. The van der Waals surface area contributed by atoms with Gasteiger partial charge in [0.05, 0.1) is 6.10 Å². The van der Waals surface area contributed by atoms with E-state index >= 15 is 0 Å². The molecule has 0 spiro atoms. The van der Waals surface area contributed by atoms with Crippen LogP contribution in [-0.4, -0.2) is 20.8 Å². The third kappa shape index (κ3) is 3.28. The lowest BCUT2D eigenvalue weighted by Gasteiger charge is -2.17. The maximum absolute atomic E-state index is 12.0. The van der Waals surface area contributed by atoms with E-state index < -0.39 is 17.4 Å². The number of nitrogens with zero attached hydrogens (tertiary/aromatic N) is 3. The number of benzene rings is 1. The lowest BCUT2D eigenvalue weighted by Crippen LogP contribution is -2.40. The molecule has 7 nitrogen and oxygen atoms in total. The zero-order chi connectivity index (χ0) is 17.1. The molecule has 0 aliphatic heterocycles. The smallest absolute Gasteiger partial charge is 0.332 e. The summed E-state index contributed by atoms with van der Waals surface area (Å²) in [6.45, 7) is 0.00939. The van der Waals surface area contributed by atoms with Gasteiger partial charge in [-0.2, -0.15) is 5.26 Å². The second-order valence-corrected chi connectivity index (χ2v) is 5.43. The van der Waals surface area contributed by atoms with Crippen LogP contribution in [0.4, 0.5) is 5.82 Å². The van der Waals surface area contributed by atoms with E-state index in [0.717, 1.165) is 9.13 Å². The Morgan fingerprint density at radius 2 is 2.04 bits per heavy atom. The standard InChI is InChI=1S/C15H15ClN4O3/c1-19-13(11(7-17)14(22)20(2)15(19)23)18-8-12(21)9-4-3-5-10(16)6-9/h3-6,12,18,21H,8H2,1-2H3/t12-/m0/s1. The van der Waals surface area contributed by atoms with Crippen molar-refractivity contribution in [1.29, 1.82) is 5.26 Å². The average Bonchev–Trinajstić information content (AvgIpc) is 2.54. The monoisotopic (exact) mass is 334 g/mol. The minimum atomic E-state index is -0.917. The van der Waals surface area contributed by atoms with Crippen LogP contribution in [0.25, 0.3) is 0 Å². The van der Waals surface area contributed by atoms with Crippen LogP contribution in [0.15, 0.2) is 33.9 Å². The lowest BCUT2D eigenvalue weighted by atomic mass is 10.1. The van der Waals surface area contributed by atoms with E-state index in [-0.39, 0.29) is 17.9 Å². The summed E-state index contributed by atoms with van der Waals surface area (Å²) in [5, 5.41) is 22.6. The van der Waals surface area contributed by atoms with Crippen molar-refractivity contribution in [2.45, 2.75) is 6.10 Å². The van der Waals surface area contributed by atoms with Gasteiger partial charge in [0.15, 0.2) is 5.56 Å². The minimum Gasteiger partial charge on any atom is -0.387 e. The molecule has 0 saturated heterocycles. The van der Waals surface area contributed by atoms with Gasteiger partial charge in [0.2, 0.25) is 0 Å². The van der Waals surface area contributed by atoms with Gasteiger partial charge in [0.25, 0.3) is 5.56 Å². The molecule has 8 heteroatoms. The second-order valence-electron chi connectivity index (χ2n) is 4.99. The molecule has 0 bridgehead atoms. The van der Waals surface area contributed by atoms with Gasteiger partial charge in [0.1, 0.15) is 11.9 Å². The molecule has 0 fully saturated rings. The fraction of sp³-hybridized carbons (Fsp3) is 0.267. The minimum absolute atomic E-state index is 0.00939. The Morgan fingerprint density at radius 3 is 2.65 bits per heavy atom. The predicted molar refractivity (Wildman–Crippen MR) is 86.5 cm³/mol. The molecule has 23 heavy (non-hydrogen) atoms. The number of aromatic nitrogens is 2. The molecule has 2 aromatic rings. The quantitative estimate of drug-likeness (QED) is 0.859. The lowest BCUT2D eigenvalue weighted by molar-refractivity contribution is 0.191. The first-order valence-corrected chi connectivity index (χ1v) is 7.12. The number of nitriles is 1. The first-order valence-electron chi connectivity index (χ1n) is 6.74. The molecular formula is C15H15ClN4O3. The van der Waals surface area contributed by atoms with Gasteiger partial charge in [-0.3, -0.25) is 13.9 Å². The van der Waals surface area contributed by atoms with Gasteiger partial charge >= 0.3 is 5.69 Å². The van der Waals surface area contributed by atoms with Gasteiger partial charge in [-0.25, -0.2) is 4.79 Å². The van der Waals surface area contributed by atoms with Crippen molar-refractivity contribution >= 4 is 17.4 Å². The first kappa shape index (κ1) is 16.8. The number of anilines is 1. The van der Waals surface area contributed by atoms with Gasteiger partial charge in [0, 0.05) is 25.7 Å². The van der Waals surface area contributed by atoms with Gasteiger partial charge < -0.3 is 10.4 Å². The maximum Gasteiger partial charge on any atom is 0.332 e. The van der Waals surface area contributed by atoms with Crippen LogP contribution in [0, 0.1) is 11.3 Å². The van der Waals surface area contributed by atoms with Crippen LogP contribution in [0.5, 0.6) is 0 Å². The Kier molecular flexibility index (Phi) is 4.89. The van der Waals surface area contributed by atoms with Crippen molar-refractivity contribution in [2.75, 3.05) is 11.9 Å². The number of hydrogen-bond donors (Lipinski definition) is 2. The first-order chi connectivity index (χ1) is 10.9. The molecule has 0 unspecified atom stereocenters. The normalized spacial score (nSPS) is 11.8. The molecule has 2 rings (SSSR count). The Hall–Kier alpha value is -2.56. The van der Waals surface area contributed by atoms with E-state index in [1.165, 1.54) is 14.1 Å². The van der Waals surface area contributed by atoms with E-state index in [9.17, 15) is 14.7 Å². The topological polar surface area (TPSA) is 100 Å². The van der Waals surface area contributed by atoms with E-state index in [1.54, 1.807) is 30.3 Å². The second kappa shape index (κ2) is 6.69. The largest absolute Gasteiger partial charge is 0.387 e. The fourth-order valence-electron chi connectivity index (χ4n) is 2.18. The molecule has 2 N–H and O–H groups in total. The molecule has 1 aromatic heterocycles. The third-order valence-electron chi connectivity index (χ3n) is 3.47. The zero-order valence-electron chi connectivity index (χ0n) is 12.6. The average molecular weight is 335 g/mol. The summed E-state index contributed by atoms with van der Waals surface area (Å²) in [5.41, 5.74) is -0.852. The van der Waals surface area contributed by atoms with Crippen molar-refractivity contribution in [2.24, 2.45) is 14.1 Å². The van der Waals surface area contributed by atoms with Gasteiger partial charge in [-0.1, -0.05) is 23.7 Å². The van der Waals surface area contributed by atoms with Crippen LogP contribution < -0.4 is 16.6 Å². The SMILES string of the molecule is Cn1c(NC[C@H](O)c2cccc(Cl)c2)c(C#N)c(=O)n(C)c1=O. The summed E-state index contributed by atoms with van der Waals surface area (Å²) in [6.07, 6.45) is -0.917. The molecule has 0 radical (unpaired) electrons. The number of rotatable bonds is 4. The highest BCUT2D eigenvalue weighted by Gasteiger charge is 2.16. The van der Waals surface area contributed by atoms with Crippen LogP contribution in [0.3, 0.4) is 0 Å². The number of halogens is 1. The molecule has 120 valence electrons. The van der Waals surface area contributed by atoms with Crippen molar-refractivity contribution in [3.63, 3.8) is 0 Å². The van der Waals surface area contributed by atoms with Gasteiger partial charge in [-0.15, -0.1) is 0 Å². The summed E-state index contributed by atoms with van der Waals surface area (Å²) in [7, 11) is 2.74.